The number of Topliss-reactive ketones (excluding diaryl/α,β-unsaturated/α-hetero) is 1. The number of ether oxygens (including phenoxy) is 1. The molecule has 0 unspecified atom stereocenters. The van der Waals surface area contributed by atoms with Crippen molar-refractivity contribution in [1.29, 1.82) is 0 Å². The first kappa shape index (κ1) is 12.3. The number of aliphatic hydroxyl groups is 1. The van der Waals surface area contributed by atoms with Gasteiger partial charge in [-0.3, -0.25) is 4.79 Å². The van der Waals surface area contributed by atoms with Crippen molar-refractivity contribution in [3.63, 3.8) is 0 Å². The Morgan fingerprint density at radius 1 is 1.44 bits per heavy atom. The summed E-state index contributed by atoms with van der Waals surface area (Å²) in [6, 6.07) is 1.25. The zero-order chi connectivity index (χ0) is 12.3. The van der Waals surface area contributed by atoms with Crippen molar-refractivity contribution in [2.75, 3.05) is 13.7 Å². The fourth-order valence-corrected chi connectivity index (χ4v) is 1.53. The highest BCUT2D eigenvalue weighted by Crippen LogP contribution is 2.38. The summed E-state index contributed by atoms with van der Waals surface area (Å²) in [6.07, 6.45) is 0.0714. The van der Waals surface area contributed by atoms with Crippen LogP contribution in [0.1, 0.15) is 22.8 Å². The molecular weight excluding hydrogens is 212 g/mol. The second-order valence-electron chi connectivity index (χ2n) is 3.33. The molecule has 0 aliphatic rings. The Hall–Kier alpha value is -1.75. The number of benzene rings is 1. The van der Waals surface area contributed by atoms with E-state index < -0.39 is 0 Å². The van der Waals surface area contributed by atoms with Gasteiger partial charge in [-0.25, -0.2) is 0 Å². The smallest absolute Gasteiger partial charge is 0.167 e. The van der Waals surface area contributed by atoms with Gasteiger partial charge in [0.15, 0.2) is 5.78 Å². The molecule has 1 rings (SSSR count). The molecule has 0 bridgehead atoms. The van der Waals surface area contributed by atoms with Crippen LogP contribution in [0.25, 0.3) is 0 Å². The van der Waals surface area contributed by atoms with Gasteiger partial charge in [0, 0.05) is 24.7 Å². The first-order valence-corrected chi connectivity index (χ1v) is 4.76. The molecule has 0 spiro atoms. The quantitative estimate of drug-likeness (QED) is 0.662. The predicted octanol–water partition coefficient (Wildman–Crippen LogP) is 0.844. The average Bonchev–Trinajstić information content (AvgIpc) is 2.22. The number of phenolic OH excluding ortho intramolecular Hbond substituents is 2. The fraction of sp³-hybridized carbons (Fsp3) is 0.364. The third-order valence-electron chi connectivity index (χ3n) is 2.28. The molecule has 88 valence electrons. The normalized spacial score (nSPS) is 10.2. The molecule has 0 heterocycles. The predicted molar refractivity (Wildman–Crippen MR) is 57.1 cm³/mol. The van der Waals surface area contributed by atoms with Crippen LogP contribution in [0, 0.1) is 0 Å². The number of carbonyl (C=O) groups is 1. The molecule has 1 aromatic carbocycles. The first-order chi connectivity index (χ1) is 7.52. The van der Waals surface area contributed by atoms with E-state index in [0.717, 1.165) is 0 Å². The maximum Gasteiger partial charge on any atom is 0.167 e. The van der Waals surface area contributed by atoms with Crippen LogP contribution in [0.2, 0.25) is 0 Å². The lowest BCUT2D eigenvalue weighted by Gasteiger charge is -2.13. The zero-order valence-corrected chi connectivity index (χ0v) is 9.15. The summed E-state index contributed by atoms with van der Waals surface area (Å²) in [4.78, 5) is 11.3. The van der Waals surface area contributed by atoms with Crippen molar-refractivity contribution in [3.8, 4) is 17.2 Å². The lowest BCUT2D eigenvalue weighted by atomic mass is 10.0. The van der Waals surface area contributed by atoms with Crippen molar-refractivity contribution < 1.29 is 24.9 Å². The summed E-state index contributed by atoms with van der Waals surface area (Å²) in [5.74, 6) is -0.787. The second-order valence-corrected chi connectivity index (χ2v) is 3.33. The van der Waals surface area contributed by atoms with Gasteiger partial charge in [-0.2, -0.15) is 0 Å². The third-order valence-corrected chi connectivity index (χ3v) is 2.28. The molecule has 0 aliphatic carbocycles. The van der Waals surface area contributed by atoms with Gasteiger partial charge in [0.1, 0.15) is 22.8 Å². The van der Waals surface area contributed by atoms with E-state index in [1.807, 2.05) is 0 Å². The number of hydrogen-bond acceptors (Lipinski definition) is 5. The Morgan fingerprint density at radius 3 is 2.50 bits per heavy atom. The highest BCUT2D eigenvalue weighted by molar-refractivity contribution is 6.00. The number of aliphatic hydroxyl groups excluding tert-OH is 1. The number of methoxy groups -OCH3 is 1. The zero-order valence-electron chi connectivity index (χ0n) is 9.15. The molecule has 0 amide bonds. The summed E-state index contributed by atoms with van der Waals surface area (Å²) in [5, 5.41) is 28.2. The standard InChI is InChI=1S/C11H14O5/c1-6(13)10-9(16-2)5-8(14)7(3-4-12)11(10)15/h5,12,14-15H,3-4H2,1-2H3. The Kier molecular flexibility index (Phi) is 3.73. The summed E-state index contributed by atoms with van der Waals surface area (Å²) in [6.45, 7) is 1.06. The molecule has 0 aliphatic heterocycles. The van der Waals surface area contributed by atoms with E-state index >= 15 is 0 Å². The molecule has 5 heteroatoms. The van der Waals surface area contributed by atoms with Gasteiger partial charge in [-0.1, -0.05) is 0 Å². The number of rotatable bonds is 4. The number of aromatic hydroxyl groups is 2. The van der Waals surface area contributed by atoms with E-state index in [1.165, 1.54) is 20.1 Å². The van der Waals surface area contributed by atoms with Crippen LogP contribution in [-0.4, -0.2) is 34.8 Å². The summed E-state index contributed by atoms with van der Waals surface area (Å²) in [7, 11) is 1.34. The van der Waals surface area contributed by atoms with Crippen LogP contribution in [0.5, 0.6) is 17.2 Å². The number of phenols is 2. The maximum atomic E-state index is 11.3. The van der Waals surface area contributed by atoms with Gasteiger partial charge >= 0.3 is 0 Å². The summed E-state index contributed by atoms with van der Waals surface area (Å²) < 4.78 is 4.90. The van der Waals surface area contributed by atoms with Crippen LogP contribution in [-0.2, 0) is 6.42 Å². The molecule has 0 fully saturated rings. The van der Waals surface area contributed by atoms with Gasteiger partial charge in [-0.15, -0.1) is 0 Å². The molecular formula is C11H14O5. The molecule has 5 nitrogen and oxygen atoms in total. The Balaban J connectivity index is 3.45. The van der Waals surface area contributed by atoms with Crippen LogP contribution in [0.3, 0.4) is 0 Å². The monoisotopic (exact) mass is 226 g/mol. The van der Waals surface area contributed by atoms with Crippen molar-refractivity contribution in [1.82, 2.24) is 0 Å². The fourth-order valence-electron chi connectivity index (χ4n) is 1.53. The summed E-state index contributed by atoms with van der Waals surface area (Å²) in [5.41, 5.74) is 0.164. The topological polar surface area (TPSA) is 87.0 Å². The molecule has 0 aromatic heterocycles. The highest BCUT2D eigenvalue weighted by Gasteiger charge is 2.20. The average molecular weight is 226 g/mol. The van der Waals surface area contributed by atoms with Gasteiger partial charge in [-0.05, 0) is 6.92 Å². The lowest BCUT2D eigenvalue weighted by Crippen LogP contribution is -2.02. The molecule has 0 saturated heterocycles. The minimum atomic E-state index is -0.367. The van der Waals surface area contributed by atoms with Gasteiger partial charge < -0.3 is 20.1 Å². The minimum absolute atomic E-state index is 0.0174. The molecule has 0 saturated carbocycles. The van der Waals surface area contributed by atoms with Gasteiger partial charge in [0.05, 0.1) is 7.11 Å². The molecule has 0 radical (unpaired) electrons. The van der Waals surface area contributed by atoms with E-state index in [9.17, 15) is 15.0 Å². The van der Waals surface area contributed by atoms with Crippen LogP contribution >= 0.6 is 0 Å². The van der Waals surface area contributed by atoms with Crippen molar-refractivity contribution in [2.24, 2.45) is 0 Å². The van der Waals surface area contributed by atoms with E-state index in [0.29, 0.717) is 0 Å². The van der Waals surface area contributed by atoms with E-state index in [-0.39, 0.29) is 47.2 Å². The molecule has 0 atom stereocenters. The Labute approximate surface area is 92.9 Å². The van der Waals surface area contributed by atoms with Gasteiger partial charge in [0.25, 0.3) is 0 Å². The maximum absolute atomic E-state index is 11.3. The number of hydrogen-bond donors (Lipinski definition) is 3. The van der Waals surface area contributed by atoms with Crippen LogP contribution in [0.4, 0.5) is 0 Å². The lowest BCUT2D eigenvalue weighted by molar-refractivity contribution is 0.101. The minimum Gasteiger partial charge on any atom is -0.507 e. The summed E-state index contributed by atoms with van der Waals surface area (Å²) >= 11 is 0. The van der Waals surface area contributed by atoms with Gasteiger partial charge in [0.2, 0.25) is 0 Å². The highest BCUT2D eigenvalue weighted by atomic mass is 16.5. The first-order valence-electron chi connectivity index (χ1n) is 4.76. The Bertz CT molecular complexity index is 411. The van der Waals surface area contributed by atoms with Crippen molar-refractivity contribution in [2.45, 2.75) is 13.3 Å². The Morgan fingerprint density at radius 2 is 2.06 bits per heavy atom. The second kappa shape index (κ2) is 4.85. The largest absolute Gasteiger partial charge is 0.507 e. The SMILES string of the molecule is COc1cc(O)c(CCO)c(O)c1C(C)=O. The van der Waals surface area contributed by atoms with Crippen LogP contribution < -0.4 is 4.74 Å². The van der Waals surface area contributed by atoms with Crippen LogP contribution in [0.15, 0.2) is 6.07 Å². The number of ketones is 1. The molecule has 16 heavy (non-hydrogen) atoms. The molecule has 3 N–H and O–H groups in total. The van der Waals surface area contributed by atoms with E-state index in [2.05, 4.69) is 0 Å². The van der Waals surface area contributed by atoms with Crippen molar-refractivity contribution in [3.05, 3.63) is 17.2 Å². The van der Waals surface area contributed by atoms with E-state index in [4.69, 9.17) is 9.84 Å². The number of carbonyl (C=O) groups excluding carboxylic acids is 1. The molecule has 1 aromatic rings. The van der Waals surface area contributed by atoms with E-state index in [1.54, 1.807) is 0 Å². The van der Waals surface area contributed by atoms with Crippen molar-refractivity contribution >= 4 is 5.78 Å². The third kappa shape index (κ3) is 2.09.